The largest absolute Gasteiger partial charge is 0.496 e. The van der Waals surface area contributed by atoms with Crippen LogP contribution in [0, 0.1) is 11.8 Å². The van der Waals surface area contributed by atoms with Gasteiger partial charge in [-0.05, 0) is 24.3 Å². The highest BCUT2D eigenvalue weighted by Crippen LogP contribution is 2.36. The number of amides is 2. The van der Waals surface area contributed by atoms with Crippen LogP contribution in [0.3, 0.4) is 0 Å². The average molecular weight is 465 g/mol. The highest BCUT2D eigenvalue weighted by molar-refractivity contribution is 6.23. The first-order valence-electron chi connectivity index (χ1n) is 10.9. The summed E-state index contributed by atoms with van der Waals surface area (Å²) in [5.74, 6) is -2.99. The lowest BCUT2D eigenvalue weighted by Gasteiger charge is -2.25. The SMILES string of the molecule is COc1cccc2c1c(OC(=O)C(C)C)c(C(=O)N(C(=O)C(C)C)c1ccccc1)c(=O)n2C. The van der Waals surface area contributed by atoms with Gasteiger partial charge in [0.05, 0.1) is 29.6 Å². The van der Waals surface area contributed by atoms with Gasteiger partial charge in [-0.15, -0.1) is 0 Å². The summed E-state index contributed by atoms with van der Waals surface area (Å²) < 4.78 is 12.4. The Hall–Kier alpha value is -3.94. The molecule has 2 amide bonds. The first-order valence-corrected chi connectivity index (χ1v) is 10.9. The Morgan fingerprint density at radius 1 is 0.912 bits per heavy atom. The summed E-state index contributed by atoms with van der Waals surface area (Å²) in [5.41, 5.74) is -0.412. The predicted molar refractivity (Wildman–Crippen MR) is 129 cm³/mol. The van der Waals surface area contributed by atoms with Crippen LogP contribution < -0.4 is 19.9 Å². The number of anilines is 1. The average Bonchev–Trinajstić information content (AvgIpc) is 2.82. The lowest BCUT2D eigenvalue weighted by atomic mass is 10.1. The van der Waals surface area contributed by atoms with Crippen molar-refractivity contribution < 1.29 is 23.9 Å². The summed E-state index contributed by atoms with van der Waals surface area (Å²) in [6, 6.07) is 13.3. The number of nitrogens with zero attached hydrogens (tertiary/aromatic N) is 2. The second-order valence-electron chi connectivity index (χ2n) is 8.47. The van der Waals surface area contributed by atoms with Gasteiger partial charge in [0.15, 0.2) is 5.75 Å². The molecule has 2 aromatic carbocycles. The van der Waals surface area contributed by atoms with E-state index in [-0.39, 0.29) is 11.1 Å². The number of methoxy groups -OCH3 is 1. The zero-order valence-electron chi connectivity index (χ0n) is 20.1. The molecule has 0 aliphatic rings. The molecule has 8 nitrogen and oxygen atoms in total. The van der Waals surface area contributed by atoms with E-state index in [1.54, 1.807) is 76.2 Å². The highest BCUT2D eigenvalue weighted by Gasteiger charge is 2.34. The minimum absolute atomic E-state index is 0.225. The van der Waals surface area contributed by atoms with Crippen molar-refractivity contribution in [3.8, 4) is 11.5 Å². The van der Waals surface area contributed by atoms with Crippen molar-refractivity contribution in [2.75, 3.05) is 12.0 Å². The van der Waals surface area contributed by atoms with Crippen molar-refractivity contribution in [1.29, 1.82) is 0 Å². The highest BCUT2D eigenvalue weighted by atomic mass is 16.5. The first-order chi connectivity index (χ1) is 16.1. The molecule has 178 valence electrons. The van der Waals surface area contributed by atoms with E-state index < -0.39 is 40.7 Å². The molecule has 0 fully saturated rings. The molecule has 0 N–H and O–H groups in total. The minimum Gasteiger partial charge on any atom is -0.496 e. The van der Waals surface area contributed by atoms with Crippen LogP contribution in [0.15, 0.2) is 53.3 Å². The van der Waals surface area contributed by atoms with E-state index >= 15 is 0 Å². The second-order valence-corrected chi connectivity index (χ2v) is 8.47. The van der Waals surface area contributed by atoms with Gasteiger partial charge in [-0.25, -0.2) is 4.90 Å². The van der Waals surface area contributed by atoms with Gasteiger partial charge >= 0.3 is 5.97 Å². The molecule has 0 unspecified atom stereocenters. The predicted octanol–water partition coefficient (Wildman–Crippen LogP) is 3.94. The number of para-hydroxylation sites is 1. The Kier molecular flexibility index (Phi) is 7.20. The molecule has 1 aromatic heterocycles. The molecule has 0 radical (unpaired) electrons. The fourth-order valence-electron chi connectivity index (χ4n) is 3.50. The molecule has 0 saturated carbocycles. The van der Waals surface area contributed by atoms with Crippen molar-refractivity contribution in [2.24, 2.45) is 18.9 Å². The van der Waals surface area contributed by atoms with Crippen LogP contribution in [0.5, 0.6) is 11.5 Å². The third-order valence-electron chi connectivity index (χ3n) is 5.38. The topological polar surface area (TPSA) is 94.9 Å². The Balaban J connectivity index is 2.41. The molecule has 34 heavy (non-hydrogen) atoms. The lowest BCUT2D eigenvalue weighted by Crippen LogP contribution is -2.43. The summed E-state index contributed by atoms with van der Waals surface area (Å²) in [7, 11) is 2.94. The van der Waals surface area contributed by atoms with Crippen LogP contribution >= 0.6 is 0 Å². The van der Waals surface area contributed by atoms with Crippen molar-refractivity contribution >= 4 is 34.4 Å². The van der Waals surface area contributed by atoms with E-state index in [4.69, 9.17) is 9.47 Å². The maximum absolute atomic E-state index is 13.9. The van der Waals surface area contributed by atoms with E-state index in [2.05, 4.69) is 0 Å². The zero-order chi connectivity index (χ0) is 25.2. The Bertz CT molecular complexity index is 1310. The van der Waals surface area contributed by atoms with E-state index in [1.165, 1.54) is 18.7 Å². The number of benzene rings is 2. The number of rotatable bonds is 6. The maximum Gasteiger partial charge on any atom is 0.313 e. The van der Waals surface area contributed by atoms with Gasteiger partial charge in [0.1, 0.15) is 11.3 Å². The standard InChI is InChI=1S/C26H28N2O6/c1-15(2)23(29)28(17-11-8-7-9-12-17)25(31)21-22(34-26(32)16(3)4)20-18(27(5)24(21)30)13-10-14-19(20)33-6/h7-16H,1-6H3. The van der Waals surface area contributed by atoms with E-state index in [1.807, 2.05) is 0 Å². The van der Waals surface area contributed by atoms with E-state index in [0.717, 1.165) is 4.90 Å². The first kappa shape index (κ1) is 24.7. The zero-order valence-corrected chi connectivity index (χ0v) is 20.1. The molecule has 0 bridgehead atoms. The third kappa shape index (κ3) is 4.44. The monoisotopic (exact) mass is 464 g/mol. The number of ether oxygens (including phenoxy) is 2. The second kappa shape index (κ2) is 9.91. The van der Waals surface area contributed by atoms with Gasteiger partial charge < -0.3 is 14.0 Å². The molecule has 3 aromatic rings. The number of hydrogen-bond donors (Lipinski definition) is 0. The molecule has 0 atom stereocenters. The number of esters is 1. The summed E-state index contributed by atoms with van der Waals surface area (Å²) >= 11 is 0. The number of carbonyl (C=O) groups is 3. The number of hydrogen-bond acceptors (Lipinski definition) is 6. The van der Waals surface area contributed by atoms with Crippen molar-refractivity contribution in [1.82, 2.24) is 4.57 Å². The van der Waals surface area contributed by atoms with Gasteiger partial charge in [-0.2, -0.15) is 0 Å². The summed E-state index contributed by atoms with van der Waals surface area (Å²) in [6.45, 7) is 6.60. The fraction of sp³-hybridized carbons (Fsp3) is 0.308. The molecule has 8 heteroatoms. The van der Waals surface area contributed by atoms with Gasteiger partial charge in [0, 0.05) is 13.0 Å². The quantitative estimate of drug-likeness (QED) is 0.513. The van der Waals surface area contributed by atoms with E-state index in [9.17, 15) is 19.2 Å². The molecule has 0 saturated heterocycles. The Morgan fingerprint density at radius 2 is 1.56 bits per heavy atom. The van der Waals surface area contributed by atoms with Crippen LogP contribution in [0.1, 0.15) is 38.1 Å². The molecule has 0 aliphatic carbocycles. The minimum atomic E-state index is -0.884. The number of carbonyl (C=O) groups excluding carboxylic acids is 3. The Morgan fingerprint density at radius 3 is 2.12 bits per heavy atom. The smallest absolute Gasteiger partial charge is 0.313 e. The molecule has 0 spiro atoms. The van der Waals surface area contributed by atoms with Crippen LogP contribution in [0.4, 0.5) is 5.69 Å². The van der Waals surface area contributed by atoms with Crippen molar-refractivity contribution in [3.63, 3.8) is 0 Å². The Labute approximate surface area is 197 Å². The van der Waals surface area contributed by atoms with Crippen LogP contribution in [0.2, 0.25) is 0 Å². The molecular weight excluding hydrogens is 436 g/mol. The lowest BCUT2D eigenvalue weighted by molar-refractivity contribution is -0.137. The van der Waals surface area contributed by atoms with Crippen LogP contribution in [-0.2, 0) is 16.6 Å². The molecular formula is C26H28N2O6. The van der Waals surface area contributed by atoms with Gasteiger partial charge in [0.25, 0.3) is 11.5 Å². The molecule has 0 aliphatic heterocycles. The van der Waals surface area contributed by atoms with Crippen molar-refractivity contribution in [2.45, 2.75) is 27.7 Å². The van der Waals surface area contributed by atoms with Crippen LogP contribution in [0.25, 0.3) is 10.9 Å². The number of aromatic nitrogens is 1. The molecule has 1 heterocycles. The third-order valence-corrected chi connectivity index (χ3v) is 5.38. The number of pyridine rings is 1. The van der Waals surface area contributed by atoms with E-state index in [0.29, 0.717) is 17.0 Å². The number of fused-ring (bicyclic) bond motifs is 1. The molecule has 3 rings (SSSR count). The summed E-state index contributed by atoms with van der Waals surface area (Å²) in [4.78, 5) is 54.2. The summed E-state index contributed by atoms with van der Waals surface area (Å²) in [6.07, 6.45) is 0. The normalized spacial score (nSPS) is 11.1. The fourth-order valence-corrected chi connectivity index (χ4v) is 3.50. The number of aryl methyl sites for hydroxylation is 1. The van der Waals surface area contributed by atoms with Crippen molar-refractivity contribution in [3.05, 3.63) is 64.4 Å². The van der Waals surface area contributed by atoms with Gasteiger partial charge in [-0.3, -0.25) is 19.2 Å². The maximum atomic E-state index is 13.9. The van der Waals surface area contributed by atoms with Gasteiger partial charge in [0.2, 0.25) is 5.91 Å². The van der Waals surface area contributed by atoms with Gasteiger partial charge in [-0.1, -0.05) is 52.0 Å². The number of imide groups is 1. The summed E-state index contributed by atoms with van der Waals surface area (Å²) in [5, 5.41) is 0.287. The van der Waals surface area contributed by atoms with Crippen LogP contribution in [-0.4, -0.2) is 29.5 Å².